The molecule has 2 N–H and O–H groups in total. The number of nitrogens with two attached hydrogens (primary N) is 1. The van der Waals surface area contributed by atoms with Crippen molar-refractivity contribution in [2.75, 3.05) is 13.1 Å². The van der Waals surface area contributed by atoms with E-state index in [9.17, 15) is 4.79 Å². The van der Waals surface area contributed by atoms with Crippen LogP contribution in [0, 0.1) is 0 Å². The van der Waals surface area contributed by atoms with Gasteiger partial charge in [0.2, 0.25) is 5.91 Å². The fraction of sp³-hybridized carbons (Fsp3) is 0.467. The number of hydrogen-bond donors (Lipinski definition) is 1. The van der Waals surface area contributed by atoms with Crippen molar-refractivity contribution in [1.29, 1.82) is 0 Å². The smallest absolute Gasteiger partial charge is 0.222 e. The molecule has 1 rings (SSSR count). The van der Waals surface area contributed by atoms with Crippen molar-refractivity contribution in [3.8, 4) is 0 Å². The van der Waals surface area contributed by atoms with Crippen molar-refractivity contribution in [3.63, 3.8) is 0 Å². The van der Waals surface area contributed by atoms with Gasteiger partial charge in [-0.15, -0.1) is 0 Å². The molecule has 0 atom stereocenters. The van der Waals surface area contributed by atoms with Gasteiger partial charge < -0.3 is 10.6 Å². The predicted octanol–water partition coefficient (Wildman–Crippen LogP) is 2.53. The summed E-state index contributed by atoms with van der Waals surface area (Å²) in [5.41, 5.74) is 6.69. The van der Waals surface area contributed by atoms with E-state index in [-0.39, 0.29) is 5.91 Å². The molecule has 3 nitrogen and oxygen atoms in total. The zero-order valence-corrected chi connectivity index (χ0v) is 12.3. The SMILES string of the molecule is CCCN(CCC(N)=S)C(=O)CCc1ccccc1. The number of carbonyl (C=O) groups is 1. The maximum absolute atomic E-state index is 12.2. The summed E-state index contributed by atoms with van der Waals surface area (Å²) in [6.45, 7) is 3.48. The Morgan fingerprint density at radius 1 is 1.21 bits per heavy atom. The van der Waals surface area contributed by atoms with Crippen LogP contribution in [0.25, 0.3) is 0 Å². The molecule has 1 aromatic rings. The lowest BCUT2D eigenvalue weighted by molar-refractivity contribution is -0.131. The Morgan fingerprint density at radius 3 is 2.47 bits per heavy atom. The minimum absolute atomic E-state index is 0.182. The number of benzene rings is 1. The Labute approximate surface area is 120 Å². The number of aryl methyl sites for hydroxylation is 1. The summed E-state index contributed by atoms with van der Waals surface area (Å²) >= 11 is 4.87. The molecule has 0 bridgehead atoms. The van der Waals surface area contributed by atoms with Gasteiger partial charge in [0.25, 0.3) is 0 Å². The fourth-order valence-corrected chi connectivity index (χ4v) is 2.02. The lowest BCUT2D eigenvalue weighted by Crippen LogP contribution is -2.34. The standard InChI is InChI=1S/C15H22N2OS/c1-2-11-17(12-10-14(16)19)15(18)9-8-13-6-4-3-5-7-13/h3-7H,2,8-12H2,1H3,(H2,16,19). The molecular weight excluding hydrogens is 256 g/mol. The molecule has 0 saturated carbocycles. The first-order valence-electron chi connectivity index (χ1n) is 6.73. The lowest BCUT2D eigenvalue weighted by Gasteiger charge is -2.22. The highest BCUT2D eigenvalue weighted by atomic mass is 32.1. The maximum atomic E-state index is 12.2. The first kappa shape index (κ1) is 15.6. The van der Waals surface area contributed by atoms with Gasteiger partial charge in [-0.1, -0.05) is 49.5 Å². The predicted molar refractivity (Wildman–Crippen MR) is 83.0 cm³/mol. The van der Waals surface area contributed by atoms with E-state index in [1.165, 1.54) is 5.56 Å². The monoisotopic (exact) mass is 278 g/mol. The van der Waals surface area contributed by atoms with Crippen molar-refractivity contribution < 1.29 is 4.79 Å². The van der Waals surface area contributed by atoms with Crippen LogP contribution in [0.1, 0.15) is 31.7 Å². The molecular formula is C15H22N2OS. The Balaban J connectivity index is 2.45. The van der Waals surface area contributed by atoms with Gasteiger partial charge in [-0.3, -0.25) is 4.79 Å². The second-order valence-electron chi connectivity index (χ2n) is 4.58. The van der Waals surface area contributed by atoms with Gasteiger partial charge in [-0.2, -0.15) is 0 Å². The molecule has 0 aromatic heterocycles. The highest BCUT2D eigenvalue weighted by Crippen LogP contribution is 2.06. The van der Waals surface area contributed by atoms with Crippen molar-refractivity contribution in [2.45, 2.75) is 32.6 Å². The van der Waals surface area contributed by atoms with Crippen LogP contribution in [-0.2, 0) is 11.2 Å². The fourth-order valence-electron chi connectivity index (χ4n) is 1.93. The molecule has 0 fully saturated rings. The third-order valence-electron chi connectivity index (χ3n) is 2.94. The lowest BCUT2D eigenvalue weighted by atomic mass is 10.1. The van der Waals surface area contributed by atoms with E-state index in [1.54, 1.807) is 0 Å². The van der Waals surface area contributed by atoms with Crippen molar-refractivity contribution in [2.24, 2.45) is 5.73 Å². The van der Waals surface area contributed by atoms with Crippen LogP contribution in [0.4, 0.5) is 0 Å². The molecule has 0 saturated heterocycles. The number of nitrogens with zero attached hydrogens (tertiary/aromatic N) is 1. The number of carbonyl (C=O) groups excluding carboxylic acids is 1. The van der Waals surface area contributed by atoms with Crippen molar-refractivity contribution in [3.05, 3.63) is 35.9 Å². The summed E-state index contributed by atoms with van der Waals surface area (Å²) in [5, 5.41) is 0. The number of thiocarbonyl (C=S) groups is 1. The third-order valence-corrected chi connectivity index (χ3v) is 3.15. The van der Waals surface area contributed by atoms with Gasteiger partial charge in [0.15, 0.2) is 0 Å². The average molecular weight is 278 g/mol. The van der Waals surface area contributed by atoms with Crippen LogP contribution in [0.2, 0.25) is 0 Å². The molecule has 0 aliphatic heterocycles. The second kappa shape index (κ2) is 8.64. The second-order valence-corrected chi connectivity index (χ2v) is 5.11. The molecule has 4 heteroatoms. The molecule has 0 heterocycles. The molecule has 1 amide bonds. The Hall–Kier alpha value is -1.42. The Morgan fingerprint density at radius 2 is 1.89 bits per heavy atom. The summed E-state index contributed by atoms with van der Waals surface area (Å²) in [4.78, 5) is 14.5. The zero-order chi connectivity index (χ0) is 14.1. The van der Waals surface area contributed by atoms with E-state index in [2.05, 4.69) is 6.92 Å². The van der Waals surface area contributed by atoms with E-state index in [1.807, 2.05) is 35.2 Å². The summed E-state index contributed by atoms with van der Waals surface area (Å²) in [7, 11) is 0. The van der Waals surface area contributed by atoms with E-state index in [0.717, 1.165) is 19.4 Å². The molecule has 19 heavy (non-hydrogen) atoms. The van der Waals surface area contributed by atoms with Crippen molar-refractivity contribution >= 4 is 23.1 Å². The zero-order valence-electron chi connectivity index (χ0n) is 11.5. The van der Waals surface area contributed by atoms with Gasteiger partial charge >= 0.3 is 0 Å². The highest BCUT2D eigenvalue weighted by molar-refractivity contribution is 7.80. The number of amides is 1. The molecule has 0 aliphatic carbocycles. The highest BCUT2D eigenvalue weighted by Gasteiger charge is 2.12. The Bertz CT molecular complexity index is 406. The molecule has 0 spiro atoms. The van der Waals surface area contributed by atoms with Crippen LogP contribution in [0.5, 0.6) is 0 Å². The summed E-state index contributed by atoms with van der Waals surface area (Å²) in [6, 6.07) is 10.1. The summed E-state index contributed by atoms with van der Waals surface area (Å²) < 4.78 is 0. The normalized spacial score (nSPS) is 10.2. The summed E-state index contributed by atoms with van der Waals surface area (Å²) in [5.74, 6) is 0.182. The van der Waals surface area contributed by atoms with Crippen LogP contribution in [-0.4, -0.2) is 28.9 Å². The molecule has 0 aliphatic rings. The molecule has 0 unspecified atom stereocenters. The Kier molecular flexibility index (Phi) is 7.11. The molecule has 0 radical (unpaired) electrons. The van der Waals surface area contributed by atoms with Crippen LogP contribution in [0.15, 0.2) is 30.3 Å². The van der Waals surface area contributed by atoms with E-state index in [4.69, 9.17) is 18.0 Å². The largest absolute Gasteiger partial charge is 0.393 e. The van der Waals surface area contributed by atoms with Crippen molar-refractivity contribution in [1.82, 2.24) is 4.90 Å². The molecule has 1 aromatic carbocycles. The number of rotatable bonds is 8. The minimum Gasteiger partial charge on any atom is -0.393 e. The van der Waals surface area contributed by atoms with Gasteiger partial charge in [0.05, 0.1) is 4.99 Å². The van der Waals surface area contributed by atoms with Crippen LogP contribution < -0.4 is 5.73 Å². The minimum atomic E-state index is 0.182. The van der Waals surface area contributed by atoms with Gasteiger partial charge in [0.1, 0.15) is 0 Å². The summed E-state index contributed by atoms with van der Waals surface area (Å²) in [6.07, 6.45) is 2.88. The van der Waals surface area contributed by atoms with Gasteiger partial charge in [-0.25, -0.2) is 0 Å². The molecule has 104 valence electrons. The topological polar surface area (TPSA) is 46.3 Å². The van der Waals surface area contributed by atoms with E-state index in [0.29, 0.717) is 24.4 Å². The van der Waals surface area contributed by atoms with E-state index < -0.39 is 0 Å². The van der Waals surface area contributed by atoms with Gasteiger partial charge in [-0.05, 0) is 18.4 Å². The maximum Gasteiger partial charge on any atom is 0.222 e. The average Bonchev–Trinajstić information content (AvgIpc) is 2.41. The number of hydrogen-bond acceptors (Lipinski definition) is 2. The quantitative estimate of drug-likeness (QED) is 0.743. The first-order chi connectivity index (χ1) is 9.13. The third kappa shape index (κ3) is 6.34. The van der Waals surface area contributed by atoms with Crippen LogP contribution in [0.3, 0.4) is 0 Å². The van der Waals surface area contributed by atoms with Crippen LogP contribution >= 0.6 is 12.2 Å². The van der Waals surface area contributed by atoms with Gasteiger partial charge in [0, 0.05) is 25.9 Å². The van der Waals surface area contributed by atoms with E-state index >= 15 is 0 Å². The first-order valence-corrected chi connectivity index (χ1v) is 7.14.